The van der Waals surface area contributed by atoms with Gasteiger partial charge in [0.15, 0.2) is 0 Å². The molecule has 6 N–H and O–H groups in total. The van der Waals surface area contributed by atoms with Crippen LogP contribution < -0.4 is 10.6 Å². The Labute approximate surface area is 158 Å². The highest BCUT2D eigenvalue weighted by Gasteiger charge is 2.44. The van der Waals surface area contributed by atoms with Gasteiger partial charge in [0.2, 0.25) is 11.7 Å². The highest BCUT2D eigenvalue weighted by atomic mass is 32.1. The zero-order chi connectivity index (χ0) is 20.1. The Morgan fingerprint density at radius 1 is 1.30 bits per heavy atom. The number of amides is 2. The number of carbonyl (C=O) groups excluding carboxylic acids is 2. The number of carboxylic acid groups (broad SMARTS) is 1. The van der Waals surface area contributed by atoms with Gasteiger partial charge in [0, 0.05) is 6.92 Å². The Balaban J connectivity index is 2.37. The fourth-order valence-electron chi connectivity index (χ4n) is 2.63. The maximum Gasteiger partial charge on any atom is 0.370 e. The van der Waals surface area contributed by atoms with Crippen LogP contribution in [0, 0.1) is 0 Å². The summed E-state index contributed by atoms with van der Waals surface area (Å²) in [6.07, 6.45) is -3.70. The van der Waals surface area contributed by atoms with Gasteiger partial charge in [-0.3, -0.25) is 9.59 Å². The van der Waals surface area contributed by atoms with E-state index in [2.05, 4.69) is 10.6 Å². The zero-order valence-electron chi connectivity index (χ0n) is 14.2. The normalized spacial score (nSPS) is 24.1. The van der Waals surface area contributed by atoms with Crippen LogP contribution in [0.25, 0.3) is 0 Å². The van der Waals surface area contributed by atoms with E-state index >= 15 is 0 Å². The van der Waals surface area contributed by atoms with Gasteiger partial charge in [0.05, 0.1) is 23.6 Å². The van der Waals surface area contributed by atoms with Crippen molar-refractivity contribution in [2.45, 2.75) is 37.3 Å². The molecular weight excluding hydrogens is 380 g/mol. The molecule has 0 fully saturated rings. The first-order valence-electron chi connectivity index (χ1n) is 7.94. The molecule has 2 heterocycles. The Bertz CT molecular complexity index is 720. The number of aliphatic carboxylic acids is 1. The van der Waals surface area contributed by atoms with Crippen molar-refractivity contribution in [3.05, 3.63) is 34.2 Å². The van der Waals surface area contributed by atoms with E-state index in [1.54, 1.807) is 17.5 Å². The molecule has 10 nitrogen and oxygen atoms in total. The van der Waals surface area contributed by atoms with E-state index in [0.717, 1.165) is 6.08 Å². The third-order valence-corrected chi connectivity index (χ3v) is 4.74. The Kier molecular flexibility index (Phi) is 6.91. The van der Waals surface area contributed by atoms with Crippen molar-refractivity contribution < 1.29 is 39.5 Å². The largest absolute Gasteiger partial charge is 0.478 e. The topological polar surface area (TPSA) is 165 Å². The fourth-order valence-corrected chi connectivity index (χ4v) is 3.26. The molecular formula is C16H20N2O8S. The van der Waals surface area contributed by atoms with Crippen molar-refractivity contribution in [1.29, 1.82) is 0 Å². The standard InChI is InChI=1S/C16H20N2O8S/c1-7(20)17-12-8(18-15(23)11-3-2-4-27-11)5-10(16(24)25)26-14(12)13(22)9(21)6-19/h2-5,8-9,12-14,19,21-22H,6H2,1H3,(H,17,20)(H,18,23)(H,24,25)/t8-,9+,12+,13+,14+/m0/s1. The first-order valence-corrected chi connectivity index (χ1v) is 8.82. The molecule has 0 aliphatic carbocycles. The number of ether oxygens (including phenoxy) is 1. The Morgan fingerprint density at radius 3 is 2.52 bits per heavy atom. The van der Waals surface area contributed by atoms with Crippen LogP contribution in [-0.2, 0) is 14.3 Å². The van der Waals surface area contributed by atoms with Gasteiger partial charge >= 0.3 is 5.97 Å². The van der Waals surface area contributed by atoms with Crippen LogP contribution in [0.4, 0.5) is 0 Å². The summed E-state index contributed by atoms with van der Waals surface area (Å²) in [5.41, 5.74) is 0. The van der Waals surface area contributed by atoms with Crippen molar-refractivity contribution >= 4 is 29.1 Å². The molecule has 1 aliphatic rings. The first kappa shape index (κ1) is 20.8. The quantitative estimate of drug-likeness (QED) is 0.319. The molecule has 0 bridgehead atoms. The fraction of sp³-hybridized carbons (Fsp3) is 0.438. The summed E-state index contributed by atoms with van der Waals surface area (Å²) in [5, 5.41) is 45.0. The summed E-state index contributed by atoms with van der Waals surface area (Å²) >= 11 is 1.17. The minimum Gasteiger partial charge on any atom is -0.478 e. The highest BCUT2D eigenvalue weighted by Crippen LogP contribution is 2.23. The second-order valence-electron chi connectivity index (χ2n) is 5.86. The number of carbonyl (C=O) groups is 3. The average molecular weight is 400 g/mol. The van der Waals surface area contributed by atoms with Gasteiger partial charge < -0.3 is 35.8 Å². The van der Waals surface area contributed by atoms with Crippen molar-refractivity contribution in [3.8, 4) is 0 Å². The lowest BCUT2D eigenvalue weighted by atomic mass is 9.92. The minimum atomic E-state index is -1.73. The SMILES string of the molecule is CC(=O)N[C@H]1[C@H]([C@H](O)[C@H](O)CO)OC(C(=O)O)=C[C@@H]1NC(=O)c1cccs1. The van der Waals surface area contributed by atoms with Crippen LogP contribution in [0.5, 0.6) is 0 Å². The van der Waals surface area contributed by atoms with Crippen LogP contribution in [0.15, 0.2) is 29.3 Å². The summed E-state index contributed by atoms with van der Waals surface area (Å²) in [6, 6.07) is 1.09. The Morgan fingerprint density at radius 2 is 2.00 bits per heavy atom. The molecule has 2 rings (SSSR count). The number of carboxylic acids is 1. The predicted molar refractivity (Wildman–Crippen MR) is 92.9 cm³/mol. The van der Waals surface area contributed by atoms with Crippen molar-refractivity contribution in [2.75, 3.05) is 6.61 Å². The number of aliphatic hydroxyl groups excluding tert-OH is 3. The van der Waals surface area contributed by atoms with Crippen molar-refractivity contribution in [2.24, 2.45) is 0 Å². The molecule has 1 aromatic rings. The lowest BCUT2D eigenvalue weighted by molar-refractivity contribution is -0.146. The van der Waals surface area contributed by atoms with Crippen LogP contribution in [0.3, 0.4) is 0 Å². The predicted octanol–water partition coefficient (Wildman–Crippen LogP) is -1.57. The summed E-state index contributed by atoms with van der Waals surface area (Å²) in [6.45, 7) is 0.382. The van der Waals surface area contributed by atoms with E-state index in [-0.39, 0.29) is 0 Å². The number of aliphatic hydroxyl groups is 3. The maximum atomic E-state index is 12.4. The zero-order valence-corrected chi connectivity index (χ0v) is 15.0. The van der Waals surface area contributed by atoms with Gasteiger partial charge in [-0.1, -0.05) is 6.07 Å². The van der Waals surface area contributed by atoms with Crippen LogP contribution in [0.2, 0.25) is 0 Å². The third-order valence-electron chi connectivity index (χ3n) is 3.88. The molecule has 0 aromatic carbocycles. The van der Waals surface area contributed by atoms with Crippen LogP contribution in [-0.4, -0.2) is 75.2 Å². The number of rotatable bonds is 7. The van der Waals surface area contributed by atoms with E-state index in [0.29, 0.717) is 4.88 Å². The Hall–Kier alpha value is -2.47. The van der Waals surface area contributed by atoms with Gasteiger partial charge in [-0.15, -0.1) is 11.3 Å². The summed E-state index contributed by atoms with van der Waals surface area (Å²) in [5.74, 6) is -3.06. The average Bonchev–Trinajstić information content (AvgIpc) is 3.15. The van der Waals surface area contributed by atoms with Gasteiger partial charge in [0.1, 0.15) is 18.3 Å². The lowest BCUT2D eigenvalue weighted by Crippen LogP contribution is -2.63. The molecule has 2 amide bonds. The van der Waals surface area contributed by atoms with Crippen LogP contribution >= 0.6 is 11.3 Å². The molecule has 1 aliphatic heterocycles. The number of nitrogens with one attached hydrogen (secondary N) is 2. The molecule has 148 valence electrons. The number of hydrogen-bond donors (Lipinski definition) is 6. The third kappa shape index (κ3) is 5.04. The van der Waals surface area contributed by atoms with E-state index in [1.165, 1.54) is 18.3 Å². The van der Waals surface area contributed by atoms with E-state index in [1.807, 2.05) is 0 Å². The first-order chi connectivity index (χ1) is 12.7. The van der Waals surface area contributed by atoms with Gasteiger partial charge in [0.25, 0.3) is 5.91 Å². The highest BCUT2D eigenvalue weighted by molar-refractivity contribution is 7.12. The molecule has 0 unspecified atom stereocenters. The van der Waals surface area contributed by atoms with Crippen molar-refractivity contribution in [1.82, 2.24) is 10.6 Å². The molecule has 11 heteroatoms. The number of hydrogen-bond acceptors (Lipinski definition) is 8. The van der Waals surface area contributed by atoms with Crippen LogP contribution in [0.1, 0.15) is 16.6 Å². The maximum absolute atomic E-state index is 12.4. The monoisotopic (exact) mass is 400 g/mol. The minimum absolute atomic E-state index is 0.362. The second-order valence-corrected chi connectivity index (χ2v) is 6.81. The molecule has 0 saturated carbocycles. The molecule has 0 saturated heterocycles. The second kappa shape index (κ2) is 8.95. The summed E-state index contributed by atoms with van der Waals surface area (Å²) in [4.78, 5) is 35.7. The molecule has 1 aromatic heterocycles. The molecule has 27 heavy (non-hydrogen) atoms. The smallest absolute Gasteiger partial charge is 0.370 e. The van der Waals surface area contributed by atoms with E-state index < -0.39 is 60.5 Å². The molecule has 5 atom stereocenters. The molecule has 0 radical (unpaired) electrons. The molecule has 0 spiro atoms. The van der Waals surface area contributed by atoms with E-state index in [4.69, 9.17) is 9.84 Å². The lowest BCUT2D eigenvalue weighted by Gasteiger charge is -2.40. The van der Waals surface area contributed by atoms with Gasteiger partial charge in [-0.25, -0.2) is 4.79 Å². The van der Waals surface area contributed by atoms with Gasteiger partial charge in [-0.2, -0.15) is 0 Å². The number of thiophene rings is 1. The summed E-state index contributed by atoms with van der Waals surface area (Å²) in [7, 11) is 0. The van der Waals surface area contributed by atoms with E-state index in [9.17, 15) is 29.7 Å². The summed E-state index contributed by atoms with van der Waals surface area (Å²) < 4.78 is 5.23. The van der Waals surface area contributed by atoms with Crippen molar-refractivity contribution in [3.63, 3.8) is 0 Å². The van der Waals surface area contributed by atoms with Gasteiger partial charge in [-0.05, 0) is 17.5 Å².